The van der Waals surface area contributed by atoms with E-state index in [2.05, 4.69) is 23.5 Å². The molecule has 0 amide bonds. The van der Waals surface area contributed by atoms with Gasteiger partial charge in [0.05, 0.1) is 13.2 Å². The normalized spacial score (nSPS) is 18.2. The molecule has 2 aromatic rings. The van der Waals surface area contributed by atoms with Gasteiger partial charge < -0.3 is 10.1 Å². The number of hydrogen-bond donors (Lipinski definition) is 1. The molecule has 0 fully saturated rings. The number of halogens is 1. The van der Waals surface area contributed by atoms with Gasteiger partial charge in [-0.15, -0.1) is 0 Å². The predicted molar refractivity (Wildman–Crippen MR) is 82.7 cm³/mol. The van der Waals surface area contributed by atoms with Gasteiger partial charge in [0, 0.05) is 6.54 Å². The van der Waals surface area contributed by atoms with Crippen molar-refractivity contribution in [3.05, 3.63) is 71.6 Å². The maximum absolute atomic E-state index is 13.0. The van der Waals surface area contributed by atoms with Crippen molar-refractivity contribution in [2.75, 3.05) is 13.7 Å². The fourth-order valence-corrected chi connectivity index (χ4v) is 2.64. The molecule has 0 saturated carbocycles. The molecule has 0 radical (unpaired) electrons. The van der Waals surface area contributed by atoms with Crippen molar-refractivity contribution in [2.45, 2.75) is 12.5 Å². The van der Waals surface area contributed by atoms with Crippen molar-refractivity contribution in [3.8, 4) is 5.75 Å². The van der Waals surface area contributed by atoms with Gasteiger partial charge in [0.15, 0.2) is 0 Å². The number of hydrogen-bond acceptors (Lipinski definition) is 2. The zero-order valence-electron chi connectivity index (χ0n) is 12.0. The summed E-state index contributed by atoms with van der Waals surface area (Å²) in [4.78, 5) is 0. The number of benzene rings is 2. The third-order valence-corrected chi connectivity index (χ3v) is 3.82. The number of ether oxygens (including phenoxy) is 1. The van der Waals surface area contributed by atoms with Crippen LogP contribution in [-0.2, 0) is 0 Å². The molecule has 108 valence electrons. The molecule has 1 unspecified atom stereocenters. The summed E-state index contributed by atoms with van der Waals surface area (Å²) in [7, 11) is 1.67. The van der Waals surface area contributed by atoms with Gasteiger partial charge in [-0.1, -0.05) is 30.3 Å². The van der Waals surface area contributed by atoms with Crippen LogP contribution in [0.15, 0.2) is 54.6 Å². The summed E-state index contributed by atoms with van der Waals surface area (Å²) in [5, 5.41) is 3.49. The second kappa shape index (κ2) is 6.10. The molecule has 3 heteroatoms. The first-order valence-corrected chi connectivity index (χ1v) is 7.10. The van der Waals surface area contributed by atoms with E-state index in [1.54, 1.807) is 7.11 Å². The first kappa shape index (κ1) is 13.8. The molecule has 0 aromatic heterocycles. The summed E-state index contributed by atoms with van der Waals surface area (Å²) >= 11 is 0. The average Bonchev–Trinajstić information content (AvgIpc) is 2.56. The highest BCUT2D eigenvalue weighted by molar-refractivity contribution is 5.67. The van der Waals surface area contributed by atoms with E-state index in [-0.39, 0.29) is 11.9 Å². The summed E-state index contributed by atoms with van der Waals surface area (Å²) in [5.41, 5.74) is 3.56. The molecular weight excluding hydrogens is 265 g/mol. The summed E-state index contributed by atoms with van der Waals surface area (Å²) < 4.78 is 18.2. The highest BCUT2D eigenvalue weighted by atomic mass is 19.1. The molecule has 0 aliphatic carbocycles. The second-order valence-corrected chi connectivity index (χ2v) is 5.15. The molecule has 21 heavy (non-hydrogen) atoms. The fourth-order valence-electron chi connectivity index (χ4n) is 2.64. The van der Waals surface area contributed by atoms with E-state index in [9.17, 15) is 4.39 Å². The molecule has 2 aromatic carbocycles. The van der Waals surface area contributed by atoms with Crippen LogP contribution in [0, 0.1) is 5.82 Å². The van der Waals surface area contributed by atoms with Gasteiger partial charge in [-0.3, -0.25) is 0 Å². The lowest BCUT2D eigenvalue weighted by atomic mass is 9.94. The standard InChI is InChI=1S/C18H18FNO/c1-21-17-8-4-14(5-9-17)18-12-15(10-11-20-18)13-2-6-16(19)7-3-13/h2-9,12,18,20H,10-11H2,1H3. The molecular formula is C18H18FNO. The van der Waals surface area contributed by atoms with Gasteiger partial charge in [0.25, 0.3) is 0 Å². The summed E-state index contributed by atoms with van der Waals surface area (Å²) in [6.07, 6.45) is 3.18. The lowest BCUT2D eigenvalue weighted by Gasteiger charge is -2.23. The Morgan fingerprint density at radius 2 is 1.76 bits per heavy atom. The smallest absolute Gasteiger partial charge is 0.123 e. The molecule has 1 N–H and O–H groups in total. The largest absolute Gasteiger partial charge is 0.497 e. The van der Waals surface area contributed by atoms with E-state index in [4.69, 9.17) is 4.74 Å². The minimum atomic E-state index is -0.194. The molecule has 0 bridgehead atoms. The van der Waals surface area contributed by atoms with Crippen molar-refractivity contribution in [1.29, 1.82) is 0 Å². The first-order valence-electron chi connectivity index (χ1n) is 7.10. The van der Waals surface area contributed by atoms with Crippen LogP contribution in [-0.4, -0.2) is 13.7 Å². The Labute approximate surface area is 124 Å². The zero-order chi connectivity index (χ0) is 14.7. The maximum Gasteiger partial charge on any atom is 0.123 e. The first-order chi connectivity index (χ1) is 10.3. The Morgan fingerprint density at radius 1 is 1.05 bits per heavy atom. The van der Waals surface area contributed by atoms with E-state index >= 15 is 0 Å². The zero-order valence-corrected chi connectivity index (χ0v) is 12.0. The maximum atomic E-state index is 13.0. The van der Waals surface area contributed by atoms with Gasteiger partial charge in [-0.25, -0.2) is 4.39 Å². The highest BCUT2D eigenvalue weighted by Crippen LogP contribution is 2.28. The van der Waals surface area contributed by atoms with Gasteiger partial charge >= 0.3 is 0 Å². The molecule has 2 nitrogen and oxygen atoms in total. The monoisotopic (exact) mass is 283 g/mol. The molecule has 1 aliphatic heterocycles. The van der Waals surface area contributed by atoms with Crippen LogP contribution in [0.2, 0.25) is 0 Å². The van der Waals surface area contributed by atoms with E-state index in [1.807, 2.05) is 24.3 Å². The number of methoxy groups -OCH3 is 1. The molecule has 0 saturated heterocycles. The van der Waals surface area contributed by atoms with Gasteiger partial charge in [0.1, 0.15) is 11.6 Å². The predicted octanol–water partition coefficient (Wildman–Crippen LogP) is 3.95. The van der Waals surface area contributed by atoms with Crippen molar-refractivity contribution < 1.29 is 9.13 Å². The van der Waals surface area contributed by atoms with Crippen molar-refractivity contribution in [2.24, 2.45) is 0 Å². The van der Waals surface area contributed by atoms with Crippen LogP contribution in [0.3, 0.4) is 0 Å². The number of rotatable bonds is 3. The van der Waals surface area contributed by atoms with Gasteiger partial charge in [-0.2, -0.15) is 0 Å². The molecule has 3 rings (SSSR count). The topological polar surface area (TPSA) is 21.3 Å². The summed E-state index contributed by atoms with van der Waals surface area (Å²) in [5.74, 6) is 0.664. The fraction of sp³-hybridized carbons (Fsp3) is 0.222. The third-order valence-electron chi connectivity index (χ3n) is 3.82. The van der Waals surface area contributed by atoms with Crippen LogP contribution >= 0.6 is 0 Å². The minimum Gasteiger partial charge on any atom is -0.497 e. The Balaban J connectivity index is 1.86. The van der Waals surface area contributed by atoms with E-state index in [0.717, 1.165) is 24.3 Å². The van der Waals surface area contributed by atoms with Crippen LogP contribution in [0.25, 0.3) is 5.57 Å². The van der Waals surface area contributed by atoms with Crippen LogP contribution in [0.4, 0.5) is 4.39 Å². The van der Waals surface area contributed by atoms with Crippen LogP contribution < -0.4 is 10.1 Å². The second-order valence-electron chi connectivity index (χ2n) is 5.15. The summed E-state index contributed by atoms with van der Waals surface area (Å²) in [6, 6.07) is 15.0. The van der Waals surface area contributed by atoms with E-state index < -0.39 is 0 Å². The quantitative estimate of drug-likeness (QED) is 0.921. The minimum absolute atomic E-state index is 0.185. The van der Waals surface area contributed by atoms with Gasteiger partial charge in [0.2, 0.25) is 0 Å². The van der Waals surface area contributed by atoms with Crippen LogP contribution in [0.5, 0.6) is 5.75 Å². The van der Waals surface area contributed by atoms with Crippen molar-refractivity contribution in [3.63, 3.8) is 0 Å². The van der Waals surface area contributed by atoms with Crippen LogP contribution in [0.1, 0.15) is 23.6 Å². The van der Waals surface area contributed by atoms with Gasteiger partial charge in [-0.05, 0) is 47.4 Å². The average molecular weight is 283 g/mol. The Bertz CT molecular complexity index is 631. The molecule has 0 spiro atoms. The lowest BCUT2D eigenvalue weighted by molar-refractivity contribution is 0.414. The summed E-state index contributed by atoms with van der Waals surface area (Å²) in [6.45, 7) is 0.917. The lowest BCUT2D eigenvalue weighted by Crippen LogP contribution is -2.25. The Kier molecular flexibility index (Phi) is 4.02. The SMILES string of the molecule is COc1ccc(C2C=C(c3ccc(F)cc3)CCN2)cc1. The Morgan fingerprint density at radius 3 is 2.43 bits per heavy atom. The van der Waals surface area contributed by atoms with E-state index in [0.29, 0.717) is 0 Å². The molecule has 1 aliphatic rings. The van der Waals surface area contributed by atoms with Crippen molar-refractivity contribution in [1.82, 2.24) is 5.32 Å². The molecule has 1 heterocycles. The highest BCUT2D eigenvalue weighted by Gasteiger charge is 2.15. The Hall–Kier alpha value is -2.13. The molecule has 1 atom stereocenters. The van der Waals surface area contributed by atoms with E-state index in [1.165, 1.54) is 23.3 Å². The van der Waals surface area contributed by atoms with Crippen molar-refractivity contribution >= 4 is 5.57 Å². The third kappa shape index (κ3) is 3.14. The number of nitrogens with one attached hydrogen (secondary N) is 1.